The van der Waals surface area contributed by atoms with Gasteiger partial charge >= 0.3 is 6.16 Å². The molecule has 1 aliphatic heterocycles. The van der Waals surface area contributed by atoms with Crippen LogP contribution in [0.1, 0.15) is 18.4 Å². The fourth-order valence-corrected chi connectivity index (χ4v) is 4.65. The molecule has 0 atom stereocenters. The van der Waals surface area contributed by atoms with Gasteiger partial charge in [-0.2, -0.15) is 0 Å². The number of nitrogens with zero attached hydrogens (tertiary/aromatic N) is 2. The zero-order valence-electron chi connectivity index (χ0n) is 16.1. The second-order valence-corrected chi connectivity index (χ2v) is 8.32. The molecule has 4 aromatic rings. The number of carbonyl (C=O) groups is 1. The number of furan rings is 1. The molecule has 2 aromatic heterocycles. The predicted molar refractivity (Wildman–Crippen MR) is 113 cm³/mol. The Morgan fingerprint density at radius 2 is 2.07 bits per heavy atom. The van der Waals surface area contributed by atoms with Crippen molar-refractivity contribution >= 4 is 38.7 Å². The molecule has 154 valence electrons. The summed E-state index contributed by atoms with van der Waals surface area (Å²) in [6, 6.07) is 13.8. The Hall–Kier alpha value is -3.10. The van der Waals surface area contributed by atoms with E-state index in [4.69, 9.17) is 19.0 Å². The molecule has 0 radical (unpaired) electrons. The molecule has 1 fully saturated rings. The summed E-state index contributed by atoms with van der Waals surface area (Å²) in [4.78, 5) is 17.5. The number of piperidine rings is 1. The van der Waals surface area contributed by atoms with Gasteiger partial charge < -0.3 is 19.0 Å². The van der Waals surface area contributed by atoms with Crippen molar-refractivity contribution in [3.8, 4) is 10.9 Å². The topological polar surface area (TPSA) is 85.0 Å². The maximum Gasteiger partial charge on any atom is 0.506 e. The molecule has 1 N–H and O–H groups in total. The zero-order valence-corrected chi connectivity index (χ0v) is 16.9. The van der Waals surface area contributed by atoms with Gasteiger partial charge in [-0.25, -0.2) is 9.78 Å². The van der Waals surface area contributed by atoms with Crippen molar-refractivity contribution in [1.82, 2.24) is 9.88 Å². The van der Waals surface area contributed by atoms with Crippen LogP contribution in [0.2, 0.25) is 0 Å². The van der Waals surface area contributed by atoms with Gasteiger partial charge in [0.1, 0.15) is 17.4 Å². The zero-order chi connectivity index (χ0) is 20.5. The molecule has 1 aliphatic rings. The van der Waals surface area contributed by atoms with Crippen molar-refractivity contribution in [3.05, 3.63) is 54.3 Å². The molecule has 3 heterocycles. The molecular formula is C22H20N2O5S. The number of aromatic nitrogens is 1. The van der Waals surface area contributed by atoms with Crippen LogP contribution in [0.4, 0.5) is 4.79 Å². The number of likely N-dealkylation sites (tertiary alicyclic amines) is 1. The van der Waals surface area contributed by atoms with E-state index in [1.807, 2.05) is 42.5 Å². The molecule has 1 saturated heterocycles. The smallest absolute Gasteiger partial charge is 0.464 e. The largest absolute Gasteiger partial charge is 0.506 e. The summed E-state index contributed by atoms with van der Waals surface area (Å²) in [5.74, 6) is 0.689. The SMILES string of the molecule is O=C(O)OC1CCN(Cc2coc3cc(Oc4nc5ccccc5s4)ccc23)CC1. The Morgan fingerprint density at radius 3 is 2.87 bits per heavy atom. The molecule has 0 saturated carbocycles. The number of hydrogen-bond acceptors (Lipinski definition) is 7. The average Bonchev–Trinajstić information content (AvgIpc) is 3.32. The van der Waals surface area contributed by atoms with Crippen LogP contribution in [0.15, 0.2) is 53.1 Å². The lowest BCUT2D eigenvalue weighted by molar-refractivity contribution is 0.0186. The highest BCUT2D eigenvalue weighted by Gasteiger charge is 2.23. The van der Waals surface area contributed by atoms with E-state index < -0.39 is 6.16 Å². The third-order valence-corrected chi connectivity index (χ3v) is 6.22. The minimum absolute atomic E-state index is 0.206. The van der Waals surface area contributed by atoms with Crippen LogP contribution in [0.5, 0.6) is 10.9 Å². The first-order chi connectivity index (χ1) is 14.6. The summed E-state index contributed by atoms with van der Waals surface area (Å²) in [5, 5.41) is 10.4. The van der Waals surface area contributed by atoms with Crippen LogP contribution in [0.3, 0.4) is 0 Å². The normalized spacial score (nSPS) is 15.6. The van der Waals surface area contributed by atoms with E-state index in [0.717, 1.165) is 46.4 Å². The standard InChI is InChI=1S/C22H20N2O5S/c25-22(26)29-15-7-9-24(10-8-15)12-14-13-27-19-11-16(5-6-17(14)19)28-21-23-18-3-1-2-4-20(18)30-21/h1-6,11,13,15H,7-10,12H2,(H,25,26). The Labute approximate surface area is 176 Å². The maximum absolute atomic E-state index is 10.7. The van der Waals surface area contributed by atoms with E-state index in [0.29, 0.717) is 23.8 Å². The van der Waals surface area contributed by atoms with Gasteiger partial charge in [-0.15, -0.1) is 0 Å². The molecule has 0 amide bonds. The first-order valence-corrected chi connectivity index (χ1v) is 10.6. The van der Waals surface area contributed by atoms with Crippen molar-refractivity contribution in [2.75, 3.05) is 13.1 Å². The first kappa shape index (κ1) is 18.9. The minimum atomic E-state index is -1.20. The van der Waals surface area contributed by atoms with Gasteiger partial charge in [0.25, 0.3) is 5.19 Å². The van der Waals surface area contributed by atoms with Crippen molar-refractivity contribution in [2.45, 2.75) is 25.5 Å². The van der Waals surface area contributed by atoms with Gasteiger partial charge in [0.05, 0.1) is 16.5 Å². The van der Waals surface area contributed by atoms with Gasteiger partial charge in [-0.3, -0.25) is 4.90 Å². The lowest BCUT2D eigenvalue weighted by Crippen LogP contribution is -2.37. The summed E-state index contributed by atoms with van der Waals surface area (Å²) >= 11 is 1.51. The van der Waals surface area contributed by atoms with Crippen molar-refractivity contribution < 1.29 is 23.8 Å². The van der Waals surface area contributed by atoms with Crippen LogP contribution in [-0.2, 0) is 11.3 Å². The Kier molecular flexibility index (Phi) is 5.02. The second kappa shape index (κ2) is 7.97. The van der Waals surface area contributed by atoms with Gasteiger partial charge in [-0.1, -0.05) is 23.5 Å². The molecule has 5 rings (SSSR count). The molecule has 0 aliphatic carbocycles. The average molecular weight is 424 g/mol. The monoisotopic (exact) mass is 424 g/mol. The van der Waals surface area contributed by atoms with Gasteiger partial charge in [0, 0.05) is 36.7 Å². The molecule has 8 heteroatoms. The number of benzene rings is 2. The highest BCUT2D eigenvalue weighted by molar-refractivity contribution is 7.20. The van der Waals surface area contributed by atoms with Crippen LogP contribution in [-0.4, -0.2) is 40.3 Å². The van der Waals surface area contributed by atoms with Gasteiger partial charge in [-0.05, 0) is 37.1 Å². The fourth-order valence-electron chi connectivity index (χ4n) is 3.81. The van der Waals surface area contributed by atoms with Crippen LogP contribution < -0.4 is 4.74 Å². The summed E-state index contributed by atoms with van der Waals surface area (Å²) in [7, 11) is 0. The molecule has 2 aromatic carbocycles. The molecule has 0 unspecified atom stereocenters. The molecule has 0 bridgehead atoms. The molecular weight excluding hydrogens is 404 g/mol. The molecule has 0 spiro atoms. The van der Waals surface area contributed by atoms with Crippen LogP contribution in [0, 0.1) is 0 Å². The summed E-state index contributed by atoms with van der Waals surface area (Å²) in [6.45, 7) is 2.34. The Balaban J connectivity index is 1.26. The summed E-state index contributed by atoms with van der Waals surface area (Å²) in [5.41, 5.74) is 2.80. The fraction of sp³-hybridized carbons (Fsp3) is 0.273. The Bertz CT molecular complexity index is 1160. The van der Waals surface area contributed by atoms with Crippen molar-refractivity contribution in [3.63, 3.8) is 0 Å². The molecule has 7 nitrogen and oxygen atoms in total. The van der Waals surface area contributed by atoms with Gasteiger partial charge in [0.2, 0.25) is 0 Å². The van der Waals surface area contributed by atoms with Crippen LogP contribution in [0.25, 0.3) is 21.2 Å². The molecule has 30 heavy (non-hydrogen) atoms. The number of thiazole rings is 1. The number of ether oxygens (including phenoxy) is 2. The number of rotatable bonds is 5. The van der Waals surface area contributed by atoms with E-state index in [9.17, 15) is 4.79 Å². The lowest BCUT2D eigenvalue weighted by atomic mass is 10.1. The maximum atomic E-state index is 10.7. The summed E-state index contributed by atoms with van der Waals surface area (Å²) < 4.78 is 17.7. The highest BCUT2D eigenvalue weighted by Crippen LogP contribution is 2.33. The quantitative estimate of drug-likeness (QED) is 0.424. The van der Waals surface area contributed by atoms with E-state index in [-0.39, 0.29) is 6.10 Å². The predicted octanol–water partition coefficient (Wildman–Crippen LogP) is 5.49. The van der Waals surface area contributed by atoms with Gasteiger partial charge in [0.15, 0.2) is 0 Å². The van der Waals surface area contributed by atoms with E-state index in [1.54, 1.807) is 6.26 Å². The minimum Gasteiger partial charge on any atom is -0.464 e. The Morgan fingerprint density at radius 1 is 1.23 bits per heavy atom. The van der Waals surface area contributed by atoms with Crippen molar-refractivity contribution in [2.24, 2.45) is 0 Å². The van der Waals surface area contributed by atoms with Crippen molar-refractivity contribution in [1.29, 1.82) is 0 Å². The second-order valence-electron chi connectivity index (χ2n) is 7.33. The van der Waals surface area contributed by atoms with E-state index in [2.05, 4.69) is 9.88 Å². The number of para-hydroxylation sites is 1. The third kappa shape index (κ3) is 3.96. The lowest BCUT2D eigenvalue weighted by Gasteiger charge is -2.30. The van der Waals surface area contributed by atoms with E-state index >= 15 is 0 Å². The number of fused-ring (bicyclic) bond motifs is 2. The first-order valence-electron chi connectivity index (χ1n) is 9.79. The summed E-state index contributed by atoms with van der Waals surface area (Å²) in [6.07, 6.45) is 1.80. The highest BCUT2D eigenvalue weighted by atomic mass is 32.1. The van der Waals surface area contributed by atoms with E-state index in [1.165, 1.54) is 11.3 Å². The van der Waals surface area contributed by atoms with Crippen LogP contribution >= 0.6 is 11.3 Å². The number of hydrogen-bond donors (Lipinski definition) is 1. The number of carboxylic acid groups (broad SMARTS) is 1. The third-order valence-electron chi connectivity index (χ3n) is 5.30.